The fourth-order valence-electron chi connectivity index (χ4n) is 2.49. The van der Waals surface area contributed by atoms with Gasteiger partial charge >= 0.3 is 5.97 Å². The molecule has 0 bridgehead atoms. The van der Waals surface area contributed by atoms with E-state index in [4.69, 9.17) is 21.4 Å². The number of amides is 1. The van der Waals surface area contributed by atoms with Gasteiger partial charge in [0.1, 0.15) is 5.75 Å². The molecule has 0 aliphatic carbocycles. The van der Waals surface area contributed by atoms with Gasteiger partial charge in [-0.05, 0) is 44.1 Å². The maximum atomic E-state index is 12.0. The van der Waals surface area contributed by atoms with Gasteiger partial charge in [-0.3, -0.25) is 14.5 Å². The van der Waals surface area contributed by atoms with Crippen molar-refractivity contribution in [3.63, 3.8) is 0 Å². The van der Waals surface area contributed by atoms with Crippen LogP contribution >= 0.6 is 24.0 Å². The lowest BCUT2D eigenvalue weighted by molar-refractivity contribution is -0.143. The molecule has 0 unspecified atom stereocenters. The summed E-state index contributed by atoms with van der Waals surface area (Å²) in [5, 5.41) is 12.2. The van der Waals surface area contributed by atoms with Gasteiger partial charge in [0, 0.05) is 5.69 Å². The average molecular weight is 363 g/mol. The largest absolute Gasteiger partial charge is 0.495 e. The number of carboxylic acids is 1. The molecule has 1 saturated heterocycles. The SMILES string of the molecule is COc1ccc(NC(=O)CN2CCC(C(=O)O)CC2)cc1Cl.Cl. The smallest absolute Gasteiger partial charge is 0.306 e. The summed E-state index contributed by atoms with van der Waals surface area (Å²) in [7, 11) is 1.53. The quantitative estimate of drug-likeness (QED) is 0.841. The van der Waals surface area contributed by atoms with Crippen LogP contribution < -0.4 is 10.1 Å². The van der Waals surface area contributed by atoms with Gasteiger partial charge in [0.05, 0.1) is 24.6 Å². The van der Waals surface area contributed by atoms with Crippen LogP contribution in [0.25, 0.3) is 0 Å². The normalized spacial score (nSPS) is 15.6. The van der Waals surface area contributed by atoms with Crippen molar-refractivity contribution in [1.29, 1.82) is 0 Å². The van der Waals surface area contributed by atoms with Crippen LogP contribution in [-0.2, 0) is 9.59 Å². The highest BCUT2D eigenvalue weighted by Crippen LogP contribution is 2.27. The van der Waals surface area contributed by atoms with Crippen LogP contribution in [0.1, 0.15) is 12.8 Å². The van der Waals surface area contributed by atoms with E-state index in [2.05, 4.69) is 5.32 Å². The number of benzene rings is 1. The van der Waals surface area contributed by atoms with Crippen LogP contribution in [-0.4, -0.2) is 48.6 Å². The first kappa shape index (κ1) is 19.5. The molecule has 1 fully saturated rings. The van der Waals surface area contributed by atoms with Crippen molar-refractivity contribution < 1.29 is 19.4 Å². The van der Waals surface area contributed by atoms with Crippen LogP contribution in [0.15, 0.2) is 18.2 Å². The van der Waals surface area contributed by atoms with E-state index < -0.39 is 5.97 Å². The molecule has 1 aliphatic heterocycles. The van der Waals surface area contributed by atoms with Crippen LogP contribution in [0.2, 0.25) is 5.02 Å². The second kappa shape index (κ2) is 8.96. The summed E-state index contributed by atoms with van der Waals surface area (Å²) in [6.07, 6.45) is 1.16. The number of methoxy groups -OCH3 is 1. The third-order valence-electron chi connectivity index (χ3n) is 3.74. The molecule has 1 heterocycles. The molecule has 2 rings (SSSR count). The van der Waals surface area contributed by atoms with E-state index in [-0.39, 0.29) is 30.8 Å². The van der Waals surface area contributed by atoms with Crippen molar-refractivity contribution in [2.45, 2.75) is 12.8 Å². The fourth-order valence-corrected chi connectivity index (χ4v) is 2.74. The Morgan fingerprint density at radius 2 is 2.04 bits per heavy atom. The summed E-state index contributed by atoms with van der Waals surface area (Å²) in [5.74, 6) is -0.637. The van der Waals surface area contributed by atoms with E-state index in [0.717, 1.165) is 0 Å². The molecule has 0 aromatic heterocycles. The number of hydrogen-bond acceptors (Lipinski definition) is 4. The molecule has 0 saturated carbocycles. The predicted octanol–water partition coefficient (Wildman–Crippen LogP) is 2.51. The van der Waals surface area contributed by atoms with Crippen LogP contribution in [0, 0.1) is 5.92 Å². The summed E-state index contributed by atoms with van der Waals surface area (Å²) in [6, 6.07) is 5.05. The minimum Gasteiger partial charge on any atom is -0.495 e. The Balaban J connectivity index is 0.00000264. The van der Waals surface area contributed by atoms with Gasteiger partial charge in [-0.2, -0.15) is 0 Å². The average Bonchev–Trinajstić information content (AvgIpc) is 2.48. The van der Waals surface area contributed by atoms with E-state index in [1.165, 1.54) is 7.11 Å². The summed E-state index contributed by atoms with van der Waals surface area (Å²) >= 11 is 6.01. The van der Waals surface area contributed by atoms with E-state index in [1.54, 1.807) is 18.2 Å². The highest BCUT2D eigenvalue weighted by Gasteiger charge is 2.25. The number of piperidine rings is 1. The number of anilines is 1. The summed E-state index contributed by atoms with van der Waals surface area (Å²) in [5.41, 5.74) is 0.608. The van der Waals surface area contributed by atoms with Crippen LogP contribution in [0.4, 0.5) is 5.69 Å². The van der Waals surface area contributed by atoms with Crippen molar-refractivity contribution in [1.82, 2.24) is 4.90 Å². The molecule has 1 aromatic rings. The van der Waals surface area contributed by atoms with Crippen molar-refractivity contribution in [2.24, 2.45) is 5.92 Å². The molecule has 1 aromatic carbocycles. The Bertz CT molecular complexity index is 560. The Hall–Kier alpha value is -1.50. The third-order valence-corrected chi connectivity index (χ3v) is 4.03. The zero-order chi connectivity index (χ0) is 16.1. The van der Waals surface area contributed by atoms with E-state index in [9.17, 15) is 9.59 Å². The number of hydrogen-bond donors (Lipinski definition) is 2. The topological polar surface area (TPSA) is 78.9 Å². The Morgan fingerprint density at radius 1 is 1.39 bits per heavy atom. The van der Waals surface area contributed by atoms with Gasteiger partial charge < -0.3 is 15.2 Å². The second-order valence-electron chi connectivity index (χ2n) is 5.29. The number of rotatable bonds is 5. The number of carboxylic acid groups (broad SMARTS) is 1. The van der Waals surface area contributed by atoms with Crippen molar-refractivity contribution >= 4 is 41.6 Å². The number of ether oxygens (including phenoxy) is 1. The first-order chi connectivity index (χ1) is 10.5. The Morgan fingerprint density at radius 3 is 2.57 bits per heavy atom. The van der Waals surface area contributed by atoms with Gasteiger partial charge in [0.25, 0.3) is 0 Å². The standard InChI is InChI=1S/C15H19ClN2O4.ClH/c1-22-13-3-2-11(8-12(13)16)17-14(19)9-18-6-4-10(5-7-18)15(20)21;/h2-3,8,10H,4-7,9H2,1H3,(H,17,19)(H,20,21);1H. The molecular weight excluding hydrogens is 343 g/mol. The van der Waals surface area contributed by atoms with Gasteiger partial charge in [0.2, 0.25) is 5.91 Å². The summed E-state index contributed by atoms with van der Waals surface area (Å²) in [6.45, 7) is 1.48. The number of carbonyl (C=O) groups excluding carboxylic acids is 1. The number of nitrogens with zero attached hydrogens (tertiary/aromatic N) is 1. The lowest BCUT2D eigenvalue weighted by atomic mass is 9.97. The molecule has 0 spiro atoms. The summed E-state index contributed by atoms with van der Waals surface area (Å²) in [4.78, 5) is 24.9. The number of likely N-dealkylation sites (tertiary alicyclic amines) is 1. The van der Waals surface area contributed by atoms with Gasteiger partial charge in [-0.1, -0.05) is 11.6 Å². The summed E-state index contributed by atoms with van der Waals surface area (Å²) < 4.78 is 5.05. The molecule has 23 heavy (non-hydrogen) atoms. The molecule has 128 valence electrons. The molecule has 0 atom stereocenters. The van der Waals surface area contributed by atoms with E-state index >= 15 is 0 Å². The molecular formula is C15H20Cl2N2O4. The number of halogens is 2. The maximum absolute atomic E-state index is 12.0. The van der Waals surface area contributed by atoms with Crippen LogP contribution in [0.5, 0.6) is 5.75 Å². The lowest BCUT2D eigenvalue weighted by Crippen LogP contribution is -2.40. The van der Waals surface area contributed by atoms with Crippen molar-refractivity contribution in [3.05, 3.63) is 23.2 Å². The molecule has 6 nitrogen and oxygen atoms in total. The Kier molecular flexibility index (Phi) is 7.61. The van der Waals surface area contributed by atoms with Gasteiger partial charge in [-0.25, -0.2) is 0 Å². The van der Waals surface area contributed by atoms with E-state index in [0.29, 0.717) is 42.4 Å². The highest BCUT2D eigenvalue weighted by molar-refractivity contribution is 6.32. The Labute approximate surface area is 146 Å². The zero-order valence-electron chi connectivity index (χ0n) is 12.8. The zero-order valence-corrected chi connectivity index (χ0v) is 14.3. The minimum atomic E-state index is -0.753. The fraction of sp³-hybridized carbons (Fsp3) is 0.467. The predicted molar refractivity (Wildman–Crippen MR) is 90.7 cm³/mol. The first-order valence-corrected chi connectivity index (χ1v) is 7.46. The van der Waals surface area contributed by atoms with Gasteiger partial charge in [0.15, 0.2) is 0 Å². The monoisotopic (exact) mass is 362 g/mol. The minimum absolute atomic E-state index is 0. The highest BCUT2D eigenvalue weighted by atomic mass is 35.5. The van der Waals surface area contributed by atoms with E-state index in [1.807, 2.05) is 4.90 Å². The number of nitrogens with one attached hydrogen (secondary N) is 1. The second-order valence-corrected chi connectivity index (χ2v) is 5.69. The van der Waals surface area contributed by atoms with Gasteiger partial charge in [-0.15, -0.1) is 12.4 Å². The molecule has 1 aliphatic rings. The molecule has 1 amide bonds. The number of aliphatic carboxylic acids is 1. The van der Waals surface area contributed by atoms with Crippen LogP contribution in [0.3, 0.4) is 0 Å². The number of carbonyl (C=O) groups is 2. The van der Waals surface area contributed by atoms with Crippen molar-refractivity contribution in [3.8, 4) is 5.75 Å². The van der Waals surface area contributed by atoms with Crippen molar-refractivity contribution in [2.75, 3.05) is 32.1 Å². The molecule has 2 N–H and O–H groups in total. The first-order valence-electron chi connectivity index (χ1n) is 7.08. The maximum Gasteiger partial charge on any atom is 0.306 e. The molecule has 0 radical (unpaired) electrons. The third kappa shape index (κ3) is 5.57. The molecule has 8 heteroatoms. The lowest BCUT2D eigenvalue weighted by Gasteiger charge is -2.29.